The zero-order chi connectivity index (χ0) is 15.5. The summed E-state index contributed by atoms with van der Waals surface area (Å²) in [5.74, 6) is 0. The maximum Gasteiger partial charge on any atom is 0.0835 e. The first-order valence-corrected chi connectivity index (χ1v) is 7.84. The van der Waals surface area contributed by atoms with Gasteiger partial charge in [-0.15, -0.1) is 0 Å². The molecule has 1 heterocycles. The van der Waals surface area contributed by atoms with Crippen LogP contribution in [0.2, 0.25) is 5.02 Å². The van der Waals surface area contributed by atoms with Gasteiger partial charge in [0.1, 0.15) is 0 Å². The van der Waals surface area contributed by atoms with E-state index in [-0.39, 0.29) is 11.6 Å². The minimum Gasteiger partial charge on any atom is -0.310 e. The van der Waals surface area contributed by atoms with Crippen molar-refractivity contribution in [3.8, 4) is 0 Å². The third-order valence-corrected chi connectivity index (χ3v) is 4.41. The molecule has 5 heteroatoms. The first-order chi connectivity index (χ1) is 9.31. The Balaban J connectivity index is 3.29. The molecule has 20 heavy (non-hydrogen) atoms. The van der Waals surface area contributed by atoms with Gasteiger partial charge in [-0.05, 0) is 47.8 Å². The first kappa shape index (κ1) is 17.5. The molecule has 0 saturated heterocycles. The summed E-state index contributed by atoms with van der Waals surface area (Å²) in [6.45, 7) is 15.2. The summed E-state index contributed by atoms with van der Waals surface area (Å²) >= 11 is 6.42. The summed E-state index contributed by atoms with van der Waals surface area (Å²) in [5, 5.41) is 8.61. The van der Waals surface area contributed by atoms with Crippen molar-refractivity contribution >= 4 is 11.6 Å². The van der Waals surface area contributed by atoms with Crippen molar-refractivity contribution in [1.29, 1.82) is 0 Å². The van der Waals surface area contributed by atoms with Gasteiger partial charge in [-0.2, -0.15) is 5.10 Å². The Morgan fingerprint density at radius 2 is 1.90 bits per heavy atom. The molecule has 0 radical (unpaired) electrons. The van der Waals surface area contributed by atoms with E-state index in [1.165, 1.54) is 0 Å². The van der Waals surface area contributed by atoms with Crippen molar-refractivity contribution in [2.45, 2.75) is 59.2 Å². The van der Waals surface area contributed by atoms with Gasteiger partial charge in [0.2, 0.25) is 0 Å². The van der Waals surface area contributed by atoms with Crippen LogP contribution in [-0.2, 0) is 0 Å². The van der Waals surface area contributed by atoms with Crippen molar-refractivity contribution in [3.63, 3.8) is 0 Å². The Bertz CT molecular complexity index is 422. The summed E-state index contributed by atoms with van der Waals surface area (Å²) < 4.78 is 2.02. The third-order valence-electron chi connectivity index (χ3n) is 4.12. The maximum atomic E-state index is 6.42. The van der Waals surface area contributed by atoms with E-state index < -0.39 is 0 Å². The Morgan fingerprint density at radius 1 is 1.35 bits per heavy atom. The molecule has 0 spiro atoms. The van der Waals surface area contributed by atoms with Crippen molar-refractivity contribution in [2.75, 3.05) is 20.1 Å². The highest BCUT2D eigenvalue weighted by atomic mass is 35.5. The van der Waals surface area contributed by atoms with E-state index >= 15 is 0 Å². The van der Waals surface area contributed by atoms with Crippen molar-refractivity contribution in [3.05, 3.63) is 16.9 Å². The Hall–Kier alpha value is -0.580. The summed E-state index contributed by atoms with van der Waals surface area (Å²) in [5.41, 5.74) is 1.02. The minimum atomic E-state index is -0.0471. The Kier molecular flexibility index (Phi) is 6.05. The van der Waals surface area contributed by atoms with Gasteiger partial charge in [0.15, 0.2) is 0 Å². The highest BCUT2D eigenvalue weighted by Gasteiger charge is 2.37. The molecule has 4 nitrogen and oxygen atoms in total. The van der Waals surface area contributed by atoms with E-state index in [4.69, 9.17) is 11.6 Å². The van der Waals surface area contributed by atoms with Gasteiger partial charge in [-0.3, -0.25) is 9.58 Å². The van der Waals surface area contributed by atoms with Crippen LogP contribution in [0.1, 0.15) is 59.3 Å². The molecule has 0 saturated carbocycles. The predicted octanol–water partition coefficient (Wildman–Crippen LogP) is 3.50. The highest BCUT2D eigenvalue weighted by molar-refractivity contribution is 6.31. The Morgan fingerprint density at radius 3 is 2.30 bits per heavy atom. The van der Waals surface area contributed by atoms with Crippen molar-refractivity contribution in [1.82, 2.24) is 20.0 Å². The highest BCUT2D eigenvalue weighted by Crippen LogP contribution is 2.35. The minimum absolute atomic E-state index is 0.0471. The predicted molar refractivity (Wildman–Crippen MR) is 86.4 cm³/mol. The van der Waals surface area contributed by atoms with Crippen molar-refractivity contribution in [2.24, 2.45) is 0 Å². The fraction of sp³-hybridized carbons (Fsp3) is 0.800. The normalized spacial score (nSPS) is 14.3. The largest absolute Gasteiger partial charge is 0.310 e. The lowest BCUT2D eigenvalue weighted by Gasteiger charge is -2.43. The molecule has 0 aliphatic carbocycles. The lowest BCUT2D eigenvalue weighted by molar-refractivity contribution is 0.0902. The van der Waals surface area contributed by atoms with Crippen LogP contribution in [0.25, 0.3) is 0 Å². The van der Waals surface area contributed by atoms with Gasteiger partial charge in [-0.1, -0.05) is 25.4 Å². The number of aromatic nitrogens is 2. The van der Waals surface area contributed by atoms with Gasteiger partial charge in [0.25, 0.3) is 0 Å². The van der Waals surface area contributed by atoms with Crippen LogP contribution in [0.3, 0.4) is 0 Å². The number of nitrogens with zero attached hydrogens (tertiary/aromatic N) is 3. The summed E-state index contributed by atoms with van der Waals surface area (Å²) in [6, 6.07) is 0.417. The van der Waals surface area contributed by atoms with E-state index in [1.807, 2.05) is 11.7 Å². The van der Waals surface area contributed by atoms with Gasteiger partial charge in [0.05, 0.1) is 23.0 Å². The van der Waals surface area contributed by atoms with Crippen molar-refractivity contribution < 1.29 is 0 Å². The second-order valence-electron chi connectivity index (χ2n) is 5.96. The average molecular weight is 301 g/mol. The van der Waals surface area contributed by atoms with E-state index in [2.05, 4.69) is 56.9 Å². The van der Waals surface area contributed by atoms with Crippen LogP contribution < -0.4 is 5.32 Å². The summed E-state index contributed by atoms with van der Waals surface area (Å²) in [4.78, 5) is 2.45. The molecule has 1 aromatic heterocycles. The van der Waals surface area contributed by atoms with Crippen LogP contribution in [0.15, 0.2) is 6.20 Å². The lowest BCUT2D eigenvalue weighted by Crippen LogP contribution is -2.52. The number of hydrogen-bond donors (Lipinski definition) is 1. The SMILES string of the molecule is CCN(CC)C(C)(C)C(NC)c1c(Cl)cnn1C(C)C. The summed E-state index contributed by atoms with van der Waals surface area (Å²) in [7, 11) is 1.99. The third kappa shape index (κ3) is 3.18. The monoisotopic (exact) mass is 300 g/mol. The van der Waals surface area contributed by atoms with Crippen LogP contribution in [0, 0.1) is 0 Å². The molecular formula is C15H29ClN4. The molecule has 1 unspecified atom stereocenters. The molecule has 116 valence electrons. The molecule has 1 rings (SSSR count). The molecule has 0 amide bonds. The fourth-order valence-corrected chi connectivity index (χ4v) is 3.32. The second kappa shape index (κ2) is 6.92. The Labute approximate surface area is 128 Å². The van der Waals surface area contributed by atoms with Gasteiger partial charge in [-0.25, -0.2) is 0 Å². The zero-order valence-corrected chi connectivity index (χ0v) is 14.6. The molecule has 1 aromatic rings. The first-order valence-electron chi connectivity index (χ1n) is 7.46. The number of halogens is 1. The number of likely N-dealkylation sites (N-methyl/N-ethyl adjacent to an activating group) is 2. The van der Waals surface area contributed by atoms with Gasteiger partial charge < -0.3 is 5.32 Å². The topological polar surface area (TPSA) is 33.1 Å². The number of rotatable bonds is 7. The maximum absolute atomic E-state index is 6.42. The van der Waals surface area contributed by atoms with Crippen LogP contribution in [-0.4, -0.2) is 40.4 Å². The molecule has 0 aliphatic heterocycles. The average Bonchev–Trinajstić information content (AvgIpc) is 2.73. The fourth-order valence-electron chi connectivity index (χ4n) is 3.08. The van der Waals surface area contributed by atoms with Crippen LogP contribution in [0.5, 0.6) is 0 Å². The molecule has 1 N–H and O–H groups in total. The smallest absolute Gasteiger partial charge is 0.0835 e. The molecule has 0 aliphatic rings. The molecule has 1 atom stereocenters. The quantitative estimate of drug-likeness (QED) is 0.836. The number of nitrogens with one attached hydrogen (secondary N) is 1. The number of hydrogen-bond acceptors (Lipinski definition) is 3. The molecular weight excluding hydrogens is 272 g/mol. The van der Waals surface area contributed by atoms with E-state index in [0.29, 0.717) is 6.04 Å². The molecule has 0 bridgehead atoms. The van der Waals surface area contributed by atoms with Gasteiger partial charge >= 0.3 is 0 Å². The summed E-state index contributed by atoms with van der Waals surface area (Å²) in [6.07, 6.45) is 1.75. The zero-order valence-electron chi connectivity index (χ0n) is 13.9. The second-order valence-corrected chi connectivity index (χ2v) is 6.37. The van der Waals surface area contributed by atoms with Crippen LogP contribution >= 0.6 is 11.6 Å². The van der Waals surface area contributed by atoms with E-state index in [0.717, 1.165) is 23.8 Å². The van der Waals surface area contributed by atoms with Gasteiger partial charge in [0, 0.05) is 11.6 Å². The molecule has 0 aromatic carbocycles. The van der Waals surface area contributed by atoms with Crippen LogP contribution in [0.4, 0.5) is 0 Å². The molecule has 0 fully saturated rings. The lowest BCUT2D eigenvalue weighted by atomic mass is 9.89. The van der Waals surface area contributed by atoms with E-state index in [1.54, 1.807) is 6.20 Å². The van der Waals surface area contributed by atoms with E-state index in [9.17, 15) is 0 Å². The standard InChI is InChI=1S/C15H29ClN4/c1-8-19(9-2)15(5,6)14(17-7)13-12(16)10-18-20(13)11(3)4/h10-11,14,17H,8-9H2,1-7H3.